The van der Waals surface area contributed by atoms with E-state index in [-0.39, 0.29) is 10.7 Å². The number of benzene rings is 1. The Morgan fingerprint density at radius 2 is 2.24 bits per heavy atom. The fraction of sp³-hybridized carbons (Fsp3) is 0.308. The van der Waals surface area contributed by atoms with Crippen molar-refractivity contribution in [3.8, 4) is 5.75 Å². The first-order valence-electron chi connectivity index (χ1n) is 6.53. The SMILES string of the molecule is Cn1ccc(NS(=O)(=O)c2cc(N)cc3c2OCCC3)n1. The van der Waals surface area contributed by atoms with Crippen LogP contribution in [0.15, 0.2) is 29.3 Å². The molecule has 1 aromatic heterocycles. The van der Waals surface area contributed by atoms with Crippen LogP contribution in [0.25, 0.3) is 0 Å². The van der Waals surface area contributed by atoms with E-state index in [2.05, 4.69) is 9.82 Å². The van der Waals surface area contributed by atoms with E-state index in [0.717, 1.165) is 18.4 Å². The van der Waals surface area contributed by atoms with Crippen LogP contribution in [0, 0.1) is 0 Å². The zero-order valence-corrected chi connectivity index (χ0v) is 12.4. The third-order valence-corrected chi connectivity index (χ3v) is 4.59. The maximum absolute atomic E-state index is 12.5. The molecule has 0 atom stereocenters. The molecule has 1 aromatic carbocycles. The Morgan fingerprint density at radius 1 is 1.43 bits per heavy atom. The summed E-state index contributed by atoms with van der Waals surface area (Å²) < 4.78 is 34.6. The van der Waals surface area contributed by atoms with Gasteiger partial charge < -0.3 is 10.5 Å². The van der Waals surface area contributed by atoms with Gasteiger partial charge in [-0.1, -0.05) is 0 Å². The summed E-state index contributed by atoms with van der Waals surface area (Å²) in [5.74, 6) is 0.642. The first-order chi connectivity index (χ1) is 9.95. The zero-order chi connectivity index (χ0) is 15.0. The lowest BCUT2D eigenvalue weighted by Gasteiger charge is -2.21. The molecular formula is C13H16N4O3S. The summed E-state index contributed by atoms with van der Waals surface area (Å²) in [7, 11) is -2.08. The first kappa shape index (κ1) is 13.7. The smallest absolute Gasteiger partial charge is 0.266 e. The van der Waals surface area contributed by atoms with Gasteiger partial charge in [-0.3, -0.25) is 9.40 Å². The number of hydrogen-bond acceptors (Lipinski definition) is 5. The van der Waals surface area contributed by atoms with Gasteiger partial charge in [0.2, 0.25) is 0 Å². The maximum Gasteiger partial charge on any atom is 0.266 e. The number of sulfonamides is 1. The summed E-state index contributed by atoms with van der Waals surface area (Å²) in [6.45, 7) is 0.503. The van der Waals surface area contributed by atoms with E-state index in [4.69, 9.17) is 10.5 Å². The molecule has 0 fully saturated rings. The molecule has 1 aliphatic rings. The lowest BCUT2D eigenvalue weighted by atomic mass is 10.1. The molecule has 0 amide bonds. The predicted molar refractivity (Wildman–Crippen MR) is 78.7 cm³/mol. The van der Waals surface area contributed by atoms with Crippen molar-refractivity contribution >= 4 is 21.5 Å². The van der Waals surface area contributed by atoms with Crippen LogP contribution in [0.2, 0.25) is 0 Å². The van der Waals surface area contributed by atoms with Gasteiger partial charge in [0, 0.05) is 25.0 Å². The van der Waals surface area contributed by atoms with Gasteiger partial charge in [-0.15, -0.1) is 0 Å². The van der Waals surface area contributed by atoms with Gasteiger partial charge in [-0.2, -0.15) is 5.10 Å². The standard InChI is InChI=1S/C13H16N4O3S/c1-17-5-4-12(15-17)16-21(18,19)11-8-10(14)7-9-3-2-6-20-13(9)11/h4-5,7-8H,2-3,6,14H2,1H3,(H,15,16). The number of aryl methyl sites for hydroxylation is 2. The zero-order valence-electron chi connectivity index (χ0n) is 11.5. The summed E-state index contributed by atoms with van der Waals surface area (Å²) in [5.41, 5.74) is 7.03. The Morgan fingerprint density at radius 3 is 2.95 bits per heavy atom. The number of nitrogens with one attached hydrogen (secondary N) is 1. The molecular weight excluding hydrogens is 292 g/mol. The minimum atomic E-state index is -3.79. The Balaban J connectivity index is 2.04. The second-order valence-corrected chi connectivity index (χ2v) is 6.59. The van der Waals surface area contributed by atoms with Gasteiger partial charge in [-0.25, -0.2) is 8.42 Å². The van der Waals surface area contributed by atoms with Crippen LogP contribution >= 0.6 is 0 Å². The van der Waals surface area contributed by atoms with Gasteiger partial charge in [-0.05, 0) is 30.5 Å². The number of aromatic nitrogens is 2. The van der Waals surface area contributed by atoms with Crippen LogP contribution < -0.4 is 15.2 Å². The largest absolute Gasteiger partial charge is 0.492 e. The van der Waals surface area contributed by atoms with Crippen LogP contribution in [-0.2, 0) is 23.5 Å². The molecule has 3 N–H and O–H groups in total. The van der Waals surface area contributed by atoms with Crippen molar-refractivity contribution < 1.29 is 13.2 Å². The Kier molecular flexibility index (Phi) is 3.25. The van der Waals surface area contributed by atoms with Crippen LogP contribution in [0.5, 0.6) is 5.75 Å². The highest BCUT2D eigenvalue weighted by molar-refractivity contribution is 7.92. The van der Waals surface area contributed by atoms with Crippen molar-refractivity contribution in [1.29, 1.82) is 0 Å². The molecule has 0 radical (unpaired) electrons. The molecule has 0 saturated carbocycles. The molecule has 8 heteroatoms. The molecule has 112 valence electrons. The van der Waals surface area contributed by atoms with Crippen molar-refractivity contribution in [2.75, 3.05) is 17.1 Å². The summed E-state index contributed by atoms with van der Waals surface area (Å²) >= 11 is 0. The second kappa shape index (κ2) is 4.96. The van der Waals surface area contributed by atoms with E-state index in [1.54, 1.807) is 25.4 Å². The quantitative estimate of drug-likeness (QED) is 0.828. The topological polar surface area (TPSA) is 99.2 Å². The molecule has 0 bridgehead atoms. The number of nitrogen functional groups attached to an aromatic ring is 1. The van der Waals surface area contributed by atoms with Gasteiger partial charge in [0.25, 0.3) is 10.0 Å². The number of rotatable bonds is 3. The summed E-state index contributed by atoms with van der Waals surface area (Å²) in [6, 6.07) is 4.75. The molecule has 7 nitrogen and oxygen atoms in total. The molecule has 2 aromatic rings. The summed E-state index contributed by atoms with van der Waals surface area (Å²) in [6.07, 6.45) is 3.26. The number of nitrogens with two attached hydrogens (primary N) is 1. The number of anilines is 2. The summed E-state index contributed by atoms with van der Waals surface area (Å²) in [4.78, 5) is 0.0582. The van der Waals surface area contributed by atoms with Crippen molar-refractivity contribution in [3.63, 3.8) is 0 Å². The van der Waals surface area contributed by atoms with E-state index >= 15 is 0 Å². The number of ether oxygens (including phenoxy) is 1. The third-order valence-electron chi connectivity index (χ3n) is 3.23. The minimum absolute atomic E-state index is 0.0582. The monoisotopic (exact) mass is 308 g/mol. The predicted octanol–water partition coefficient (Wildman–Crippen LogP) is 1.13. The Hall–Kier alpha value is -2.22. The molecule has 21 heavy (non-hydrogen) atoms. The molecule has 0 aliphatic carbocycles. The summed E-state index contributed by atoms with van der Waals surface area (Å²) in [5, 5.41) is 4.01. The molecule has 2 heterocycles. The first-order valence-corrected chi connectivity index (χ1v) is 8.02. The van der Waals surface area contributed by atoms with Gasteiger partial charge in [0.1, 0.15) is 10.6 Å². The molecule has 0 saturated heterocycles. The van der Waals surface area contributed by atoms with Crippen LogP contribution in [0.1, 0.15) is 12.0 Å². The van der Waals surface area contributed by atoms with Crippen molar-refractivity contribution in [3.05, 3.63) is 30.0 Å². The molecule has 0 unspecified atom stereocenters. The number of hydrogen-bond donors (Lipinski definition) is 2. The van der Waals surface area contributed by atoms with Crippen LogP contribution in [-0.4, -0.2) is 24.8 Å². The van der Waals surface area contributed by atoms with E-state index in [1.165, 1.54) is 10.7 Å². The van der Waals surface area contributed by atoms with Crippen LogP contribution in [0.3, 0.4) is 0 Å². The highest BCUT2D eigenvalue weighted by Crippen LogP contribution is 2.35. The molecule has 3 rings (SSSR count). The minimum Gasteiger partial charge on any atom is -0.492 e. The average Bonchev–Trinajstić information content (AvgIpc) is 2.82. The highest BCUT2D eigenvalue weighted by Gasteiger charge is 2.25. The van der Waals surface area contributed by atoms with E-state index in [0.29, 0.717) is 18.0 Å². The Bertz CT molecular complexity index is 783. The second-order valence-electron chi connectivity index (χ2n) is 4.94. The fourth-order valence-electron chi connectivity index (χ4n) is 2.33. The van der Waals surface area contributed by atoms with Crippen LogP contribution in [0.4, 0.5) is 11.5 Å². The Labute approximate surface area is 122 Å². The van der Waals surface area contributed by atoms with Gasteiger partial charge in [0.05, 0.1) is 6.61 Å². The highest BCUT2D eigenvalue weighted by atomic mass is 32.2. The normalized spacial score (nSPS) is 14.3. The van der Waals surface area contributed by atoms with E-state index in [1.807, 2.05) is 0 Å². The molecule has 1 aliphatic heterocycles. The van der Waals surface area contributed by atoms with Gasteiger partial charge >= 0.3 is 0 Å². The third kappa shape index (κ3) is 2.66. The lowest BCUT2D eigenvalue weighted by Crippen LogP contribution is -2.18. The molecule has 0 spiro atoms. The lowest BCUT2D eigenvalue weighted by molar-refractivity contribution is 0.280. The fourth-order valence-corrected chi connectivity index (χ4v) is 3.55. The number of nitrogens with zero attached hydrogens (tertiary/aromatic N) is 2. The average molecular weight is 308 g/mol. The van der Waals surface area contributed by atoms with Gasteiger partial charge in [0.15, 0.2) is 5.82 Å². The van der Waals surface area contributed by atoms with Crippen molar-refractivity contribution in [2.45, 2.75) is 17.7 Å². The number of fused-ring (bicyclic) bond motifs is 1. The van der Waals surface area contributed by atoms with Crippen molar-refractivity contribution in [2.24, 2.45) is 7.05 Å². The maximum atomic E-state index is 12.5. The van der Waals surface area contributed by atoms with Crippen molar-refractivity contribution in [1.82, 2.24) is 9.78 Å². The van der Waals surface area contributed by atoms with E-state index in [9.17, 15) is 8.42 Å². The van der Waals surface area contributed by atoms with E-state index < -0.39 is 10.0 Å².